The number of hydrogen-bond donors (Lipinski definition) is 2. The van der Waals surface area contributed by atoms with Crippen molar-refractivity contribution in [2.75, 3.05) is 18.9 Å². The molecule has 6 heteroatoms. The summed E-state index contributed by atoms with van der Waals surface area (Å²) in [5.41, 5.74) is 0.130. The number of benzene rings is 1. The maximum absolute atomic E-state index is 12.7. The normalized spacial score (nSPS) is 10.8. The van der Waals surface area contributed by atoms with Crippen LogP contribution in [0.15, 0.2) is 24.3 Å². The zero-order valence-corrected chi connectivity index (χ0v) is 12.2. The van der Waals surface area contributed by atoms with Crippen molar-refractivity contribution in [3.05, 3.63) is 30.1 Å². The standard InChI is InChI=1S/C14H20FN3O2/c1-14(2,3)17-12(19)9-18(4)13(20)16-11-7-5-10(15)6-8-11/h5-8H,9H2,1-4H3,(H,16,20)(H,17,19). The zero-order valence-electron chi connectivity index (χ0n) is 12.2. The number of urea groups is 1. The van der Waals surface area contributed by atoms with Crippen LogP contribution < -0.4 is 10.6 Å². The van der Waals surface area contributed by atoms with E-state index in [1.807, 2.05) is 20.8 Å². The number of carbonyl (C=O) groups excluding carboxylic acids is 2. The smallest absolute Gasteiger partial charge is 0.322 e. The van der Waals surface area contributed by atoms with Crippen molar-refractivity contribution in [2.24, 2.45) is 0 Å². The molecule has 110 valence electrons. The van der Waals surface area contributed by atoms with E-state index in [4.69, 9.17) is 0 Å². The van der Waals surface area contributed by atoms with Crippen LogP contribution in [0, 0.1) is 5.82 Å². The number of halogens is 1. The lowest BCUT2D eigenvalue weighted by molar-refractivity contribution is -0.122. The number of amides is 3. The first-order chi connectivity index (χ1) is 9.17. The van der Waals surface area contributed by atoms with Crippen LogP contribution in [0.5, 0.6) is 0 Å². The second-order valence-electron chi connectivity index (χ2n) is 5.59. The lowest BCUT2D eigenvalue weighted by Gasteiger charge is -2.23. The van der Waals surface area contributed by atoms with E-state index in [0.717, 1.165) is 0 Å². The van der Waals surface area contributed by atoms with E-state index in [0.29, 0.717) is 5.69 Å². The Bertz CT molecular complexity index is 480. The van der Waals surface area contributed by atoms with E-state index in [9.17, 15) is 14.0 Å². The highest BCUT2D eigenvalue weighted by molar-refractivity contribution is 5.92. The molecule has 0 saturated heterocycles. The Morgan fingerprint density at radius 3 is 2.25 bits per heavy atom. The number of rotatable bonds is 3. The molecule has 0 aromatic heterocycles. The highest BCUT2D eigenvalue weighted by Gasteiger charge is 2.17. The van der Waals surface area contributed by atoms with Crippen LogP contribution in [0.4, 0.5) is 14.9 Å². The van der Waals surface area contributed by atoms with Crippen LogP contribution in [0.25, 0.3) is 0 Å². The molecular weight excluding hydrogens is 261 g/mol. The fraction of sp³-hybridized carbons (Fsp3) is 0.429. The van der Waals surface area contributed by atoms with Crippen molar-refractivity contribution < 1.29 is 14.0 Å². The Labute approximate surface area is 118 Å². The minimum Gasteiger partial charge on any atom is -0.350 e. The van der Waals surface area contributed by atoms with Gasteiger partial charge in [0.15, 0.2) is 0 Å². The van der Waals surface area contributed by atoms with E-state index in [-0.39, 0.29) is 23.8 Å². The Hall–Kier alpha value is -2.11. The van der Waals surface area contributed by atoms with Gasteiger partial charge in [-0.3, -0.25) is 4.79 Å². The highest BCUT2D eigenvalue weighted by atomic mass is 19.1. The number of likely N-dealkylation sites (N-methyl/N-ethyl adjacent to an activating group) is 1. The van der Waals surface area contributed by atoms with Crippen LogP contribution in [0.1, 0.15) is 20.8 Å². The Kier molecular flexibility index (Phi) is 5.07. The Balaban J connectivity index is 2.51. The van der Waals surface area contributed by atoms with Crippen molar-refractivity contribution in [3.63, 3.8) is 0 Å². The van der Waals surface area contributed by atoms with Crippen molar-refractivity contribution in [1.29, 1.82) is 0 Å². The van der Waals surface area contributed by atoms with Crippen molar-refractivity contribution in [2.45, 2.75) is 26.3 Å². The molecule has 1 rings (SSSR count). The third-order valence-corrected chi connectivity index (χ3v) is 2.34. The maximum atomic E-state index is 12.7. The lowest BCUT2D eigenvalue weighted by atomic mass is 10.1. The molecule has 0 radical (unpaired) electrons. The molecule has 5 nitrogen and oxygen atoms in total. The van der Waals surface area contributed by atoms with Crippen LogP contribution in [0.3, 0.4) is 0 Å². The SMILES string of the molecule is CN(CC(=O)NC(C)(C)C)C(=O)Nc1ccc(F)cc1. The molecule has 0 heterocycles. The first kappa shape index (κ1) is 15.9. The van der Waals surface area contributed by atoms with Gasteiger partial charge >= 0.3 is 6.03 Å². The molecule has 3 amide bonds. The first-order valence-corrected chi connectivity index (χ1v) is 6.26. The third-order valence-electron chi connectivity index (χ3n) is 2.34. The quantitative estimate of drug-likeness (QED) is 0.892. The van der Waals surface area contributed by atoms with E-state index in [1.54, 1.807) is 0 Å². The summed E-state index contributed by atoms with van der Waals surface area (Å²) >= 11 is 0. The van der Waals surface area contributed by atoms with E-state index in [1.165, 1.54) is 36.2 Å². The fourth-order valence-electron chi connectivity index (χ4n) is 1.50. The second kappa shape index (κ2) is 6.36. The van der Waals surface area contributed by atoms with Gasteiger partial charge in [-0.15, -0.1) is 0 Å². The summed E-state index contributed by atoms with van der Waals surface area (Å²) in [5, 5.41) is 5.34. The van der Waals surface area contributed by atoms with Crippen LogP contribution >= 0.6 is 0 Å². The predicted octanol–water partition coefficient (Wildman–Crippen LogP) is 2.20. The maximum Gasteiger partial charge on any atom is 0.322 e. The lowest BCUT2D eigenvalue weighted by Crippen LogP contribution is -2.47. The predicted molar refractivity (Wildman–Crippen MR) is 75.9 cm³/mol. The molecule has 1 aromatic carbocycles. The monoisotopic (exact) mass is 281 g/mol. The van der Waals surface area contributed by atoms with Crippen molar-refractivity contribution in [1.82, 2.24) is 10.2 Å². The molecule has 0 atom stereocenters. The zero-order chi connectivity index (χ0) is 15.3. The molecule has 0 aliphatic heterocycles. The van der Waals surface area contributed by atoms with Crippen LogP contribution in [-0.2, 0) is 4.79 Å². The molecule has 0 bridgehead atoms. The molecular formula is C14H20FN3O2. The number of hydrogen-bond acceptors (Lipinski definition) is 2. The van der Waals surface area contributed by atoms with Gasteiger partial charge in [0.25, 0.3) is 0 Å². The van der Waals surface area contributed by atoms with Gasteiger partial charge in [0, 0.05) is 18.3 Å². The Morgan fingerprint density at radius 1 is 1.20 bits per heavy atom. The summed E-state index contributed by atoms with van der Waals surface area (Å²) in [5.74, 6) is -0.616. The van der Waals surface area contributed by atoms with Gasteiger partial charge in [-0.2, -0.15) is 0 Å². The van der Waals surface area contributed by atoms with E-state index < -0.39 is 6.03 Å². The number of carbonyl (C=O) groups is 2. The fourth-order valence-corrected chi connectivity index (χ4v) is 1.50. The average Bonchev–Trinajstić information content (AvgIpc) is 2.29. The second-order valence-corrected chi connectivity index (χ2v) is 5.59. The van der Waals surface area contributed by atoms with Gasteiger partial charge in [0.05, 0.1) is 0 Å². The van der Waals surface area contributed by atoms with Gasteiger partial charge in [-0.25, -0.2) is 9.18 Å². The summed E-state index contributed by atoms with van der Waals surface area (Å²) in [6.07, 6.45) is 0. The molecule has 1 aromatic rings. The van der Waals surface area contributed by atoms with E-state index in [2.05, 4.69) is 10.6 Å². The highest BCUT2D eigenvalue weighted by Crippen LogP contribution is 2.08. The molecule has 0 fully saturated rings. The molecule has 2 N–H and O–H groups in total. The largest absolute Gasteiger partial charge is 0.350 e. The summed E-state index contributed by atoms with van der Waals surface area (Å²) in [7, 11) is 1.51. The summed E-state index contributed by atoms with van der Waals surface area (Å²) in [6, 6.07) is 4.98. The van der Waals surface area contributed by atoms with Crippen LogP contribution in [0.2, 0.25) is 0 Å². The number of nitrogens with one attached hydrogen (secondary N) is 2. The van der Waals surface area contributed by atoms with Crippen molar-refractivity contribution >= 4 is 17.6 Å². The molecule has 0 saturated carbocycles. The van der Waals surface area contributed by atoms with Crippen molar-refractivity contribution in [3.8, 4) is 0 Å². The number of anilines is 1. The summed E-state index contributed by atoms with van der Waals surface area (Å²) in [6.45, 7) is 5.54. The molecule has 0 unspecified atom stereocenters. The van der Waals surface area contributed by atoms with E-state index >= 15 is 0 Å². The Morgan fingerprint density at radius 2 is 1.75 bits per heavy atom. The molecule has 0 aliphatic carbocycles. The van der Waals surface area contributed by atoms with Crippen LogP contribution in [-0.4, -0.2) is 36.0 Å². The topological polar surface area (TPSA) is 61.4 Å². The minimum atomic E-state index is -0.430. The molecule has 20 heavy (non-hydrogen) atoms. The number of nitrogens with zero attached hydrogens (tertiary/aromatic N) is 1. The van der Waals surface area contributed by atoms with Gasteiger partial charge in [-0.05, 0) is 45.0 Å². The first-order valence-electron chi connectivity index (χ1n) is 6.26. The molecule has 0 aliphatic rings. The van der Waals surface area contributed by atoms with Gasteiger partial charge < -0.3 is 15.5 Å². The van der Waals surface area contributed by atoms with Gasteiger partial charge in [0.2, 0.25) is 5.91 Å². The molecule has 0 spiro atoms. The van der Waals surface area contributed by atoms with Gasteiger partial charge in [0.1, 0.15) is 12.4 Å². The average molecular weight is 281 g/mol. The summed E-state index contributed by atoms with van der Waals surface area (Å²) in [4.78, 5) is 24.8. The summed E-state index contributed by atoms with van der Waals surface area (Å²) < 4.78 is 12.7. The third kappa shape index (κ3) is 5.69. The van der Waals surface area contributed by atoms with Gasteiger partial charge in [-0.1, -0.05) is 0 Å². The minimum absolute atomic E-state index is 0.0513.